The molecule has 10 nitrogen and oxygen atoms in total. The van der Waals surface area contributed by atoms with Gasteiger partial charge in [0.05, 0.1) is 6.54 Å². The number of ether oxygens (including phenoxy) is 2. The standard InChI is InChI=1S/C25H32N8O2/c1-5-7-8-9-22-27-24(25(6-2,34-3)35-4)30-33(22)17-18-10-12-19(13-11-18)20-14-15-26-16-21(20)23-28-31-32-29-23/h10-16H,5-9,17H2,1-4H3,(H,28,29,31,32). The topological polar surface area (TPSA) is 117 Å². The van der Waals surface area contributed by atoms with Crippen molar-refractivity contribution in [3.05, 3.63) is 59.9 Å². The summed E-state index contributed by atoms with van der Waals surface area (Å²) in [7, 11) is 3.26. The predicted molar refractivity (Wildman–Crippen MR) is 131 cm³/mol. The third-order valence-electron chi connectivity index (χ3n) is 6.22. The molecule has 35 heavy (non-hydrogen) atoms. The molecule has 0 amide bonds. The Labute approximate surface area is 205 Å². The number of aromatic amines is 1. The number of aryl methyl sites for hydroxylation is 1. The van der Waals surface area contributed by atoms with Crippen LogP contribution in [0, 0.1) is 0 Å². The number of unbranched alkanes of at least 4 members (excludes halogenated alkanes) is 2. The fourth-order valence-electron chi connectivity index (χ4n) is 4.16. The van der Waals surface area contributed by atoms with Gasteiger partial charge in [0, 0.05) is 45.0 Å². The molecule has 0 spiro atoms. The number of nitrogens with zero attached hydrogens (tertiary/aromatic N) is 7. The molecule has 3 heterocycles. The summed E-state index contributed by atoms with van der Waals surface area (Å²) in [5.74, 6) is 1.08. The van der Waals surface area contributed by atoms with Gasteiger partial charge in [-0.1, -0.05) is 51.0 Å². The van der Waals surface area contributed by atoms with E-state index in [4.69, 9.17) is 19.6 Å². The zero-order valence-electron chi connectivity index (χ0n) is 20.7. The molecule has 184 valence electrons. The van der Waals surface area contributed by atoms with Gasteiger partial charge in [-0.3, -0.25) is 4.98 Å². The number of benzene rings is 1. The van der Waals surface area contributed by atoms with Crippen LogP contribution in [0.5, 0.6) is 0 Å². The molecule has 1 aromatic carbocycles. The van der Waals surface area contributed by atoms with Crippen molar-refractivity contribution in [3.8, 4) is 22.5 Å². The van der Waals surface area contributed by atoms with E-state index < -0.39 is 5.79 Å². The van der Waals surface area contributed by atoms with E-state index in [1.54, 1.807) is 26.6 Å². The molecule has 0 bridgehead atoms. The summed E-state index contributed by atoms with van der Waals surface area (Å²) in [6, 6.07) is 10.3. The van der Waals surface area contributed by atoms with Crippen molar-refractivity contribution in [2.24, 2.45) is 0 Å². The van der Waals surface area contributed by atoms with Crippen LogP contribution in [0.25, 0.3) is 22.5 Å². The lowest BCUT2D eigenvalue weighted by atomic mass is 10.00. The second-order valence-corrected chi connectivity index (χ2v) is 8.33. The van der Waals surface area contributed by atoms with Crippen LogP contribution >= 0.6 is 0 Å². The number of pyridine rings is 1. The van der Waals surface area contributed by atoms with Gasteiger partial charge in [-0.05, 0) is 34.4 Å². The lowest BCUT2D eigenvalue weighted by Gasteiger charge is -2.26. The number of methoxy groups -OCH3 is 2. The van der Waals surface area contributed by atoms with E-state index in [2.05, 4.69) is 56.8 Å². The lowest BCUT2D eigenvalue weighted by Crippen LogP contribution is -2.31. The predicted octanol–water partition coefficient (Wildman–Crippen LogP) is 4.16. The summed E-state index contributed by atoms with van der Waals surface area (Å²) in [6.07, 6.45) is 8.35. The Morgan fingerprint density at radius 2 is 1.80 bits per heavy atom. The zero-order chi connectivity index (χ0) is 24.7. The molecule has 0 saturated carbocycles. The van der Waals surface area contributed by atoms with Crippen LogP contribution in [-0.2, 0) is 28.2 Å². The lowest BCUT2D eigenvalue weighted by molar-refractivity contribution is -0.222. The first kappa shape index (κ1) is 24.6. The van der Waals surface area contributed by atoms with E-state index in [0.29, 0.717) is 24.6 Å². The molecule has 0 saturated heterocycles. The van der Waals surface area contributed by atoms with Crippen LogP contribution in [0.3, 0.4) is 0 Å². The van der Waals surface area contributed by atoms with Crippen LogP contribution in [-0.4, -0.2) is 54.6 Å². The fourth-order valence-corrected chi connectivity index (χ4v) is 4.16. The second-order valence-electron chi connectivity index (χ2n) is 8.33. The average Bonchev–Trinajstić information content (AvgIpc) is 3.57. The van der Waals surface area contributed by atoms with Crippen molar-refractivity contribution >= 4 is 0 Å². The molecule has 1 N–H and O–H groups in total. The SMILES string of the molecule is CCCCCc1nc(C(CC)(OC)OC)nn1Cc1ccc(-c2ccncc2-c2nn[nH]n2)cc1. The number of nitrogens with one attached hydrogen (secondary N) is 1. The molecule has 0 aliphatic heterocycles. The minimum Gasteiger partial charge on any atom is -0.347 e. The maximum atomic E-state index is 5.69. The minimum atomic E-state index is -0.943. The molecule has 0 radical (unpaired) electrons. The number of rotatable bonds is 12. The third-order valence-corrected chi connectivity index (χ3v) is 6.22. The number of hydrogen-bond acceptors (Lipinski definition) is 8. The summed E-state index contributed by atoms with van der Waals surface area (Å²) < 4.78 is 13.4. The van der Waals surface area contributed by atoms with Crippen molar-refractivity contribution in [2.75, 3.05) is 14.2 Å². The van der Waals surface area contributed by atoms with Gasteiger partial charge in [-0.2, -0.15) is 5.21 Å². The van der Waals surface area contributed by atoms with Crippen molar-refractivity contribution in [1.82, 2.24) is 40.4 Å². The highest BCUT2D eigenvalue weighted by atomic mass is 16.7. The van der Waals surface area contributed by atoms with Crippen molar-refractivity contribution < 1.29 is 9.47 Å². The summed E-state index contributed by atoms with van der Waals surface area (Å²) in [5.41, 5.74) is 3.98. The third kappa shape index (κ3) is 5.28. The summed E-state index contributed by atoms with van der Waals surface area (Å²) in [4.78, 5) is 9.06. The number of tetrazole rings is 1. The van der Waals surface area contributed by atoms with Gasteiger partial charge in [0.25, 0.3) is 0 Å². The van der Waals surface area contributed by atoms with Crippen LogP contribution < -0.4 is 0 Å². The van der Waals surface area contributed by atoms with E-state index in [-0.39, 0.29) is 0 Å². The number of H-pyrrole nitrogens is 1. The maximum absolute atomic E-state index is 5.69. The van der Waals surface area contributed by atoms with Gasteiger partial charge in [-0.15, -0.1) is 15.3 Å². The molecule has 4 aromatic rings. The Bertz CT molecular complexity index is 1190. The Morgan fingerprint density at radius 1 is 1.00 bits per heavy atom. The Hall–Kier alpha value is -3.50. The normalized spacial score (nSPS) is 11.8. The second kappa shape index (κ2) is 11.3. The van der Waals surface area contributed by atoms with Crippen molar-refractivity contribution in [1.29, 1.82) is 0 Å². The smallest absolute Gasteiger partial charge is 0.231 e. The highest BCUT2D eigenvalue weighted by Gasteiger charge is 2.35. The number of aromatic nitrogens is 8. The monoisotopic (exact) mass is 476 g/mol. The highest BCUT2D eigenvalue weighted by Crippen LogP contribution is 2.30. The van der Waals surface area contributed by atoms with Crippen LogP contribution in [0.15, 0.2) is 42.7 Å². The first-order valence-electron chi connectivity index (χ1n) is 12.0. The van der Waals surface area contributed by atoms with Gasteiger partial charge in [0.1, 0.15) is 5.82 Å². The molecule has 0 unspecified atom stereocenters. The molecule has 4 rings (SSSR count). The van der Waals surface area contributed by atoms with E-state index in [0.717, 1.165) is 53.8 Å². The largest absolute Gasteiger partial charge is 0.347 e. The summed E-state index contributed by atoms with van der Waals surface area (Å²) >= 11 is 0. The maximum Gasteiger partial charge on any atom is 0.231 e. The Balaban J connectivity index is 1.61. The first-order chi connectivity index (χ1) is 17.1. The van der Waals surface area contributed by atoms with Gasteiger partial charge < -0.3 is 9.47 Å². The highest BCUT2D eigenvalue weighted by molar-refractivity contribution is 5.79. The molecule has 3 aromatic heterocycles. The van der Waals surface area contributed by atoms with Crippen molar-refractivity contribution in [3.63, 3.8) is 0 Å². The first-order valence-corrected chi connectivity index (χ1v) is 12.0. The van der Waals surface area contributed by atoms with Crippen LogP contribution in [0.2, 0.25) is 0 Å². The molecular formula is C25H32N8O2. The molecule has 0 aliphatic rings. The van der Waals surface area contributed by atoms with E-state index >= 15 is 0 Å². The number of hydrogen-bond donors (Lipinski definition) is 1. The molecule has 0 atom stereocenters. The van der Waals surface area contributed by atoms with Crippen molar-refractivity contribution in [2.45, 2.75) is 58.3 Å². The molecule has 0 fully saturated rings. The van der Waals surface area contributed by atoms with Crippen LogP contribution in [0.4, 0.5) is 0 Å². The Kier molecular flexibility index (Phi) is 7.94. The minimum absolute atomic E-state index is 0.514. The van der Waals surface area contributed by atoms with Gasteiger partial charge in [-0.25, -0.2) is 9.67 Å². The van der Waals surface area contributed by atoms with E-state index in [1.165, 1.54) is 0 Å². The summed E-state index contributed by atoms with van der Waals surface area (Å²) in [5, 5.41) is 19.2. The van der Waals surface area contributed by atoms with Gasteiger partial charge >= 0.3 is 0 Å². The molecular weight excluding hydrogens is 444 g/mol. The molecule has 0 aliphatic carbocycles. The Morgan fingerprint density at radius 3 is 2.46 bits per heavy atom. The van der Waals surface area contributed by atoms with Gasteiger partial charge in [0.15, 0.2) is 0 Å². The van der Waals surface area contributed by atoms with Gasteiger partial charge in [0.2, 0.25) is 17.4 Å². The van der Waals surface area contributed by atoms with Crippen LogP contribution in [0.1, 0.15) is 56.7 Å². The quantitative estimate of drug-likeness (QED) is 0.239. The average molecular weight is 477 g/mol. The van der Waals surface area contributed by atoms with E-state index in [9.17, 15) is 0 Å². The molecule has 10 heteroatoms. The van der Waals surface area contributed by atoms with E-state index in [1.807, 2.05) is 17.7 Å². The fraction of sp³-hybridized carbons (Fsp3) is 0.440. The summed E-state index contributed by atoms with van der Waals surface area (Å²) in [6.45, 7) is 4.81. The zero-order valence-corrected chi connectivity index (χ0v) is 20.7.